The highest BCUT2D eigenvalue weighted by Crippen LogP contribution is 2.39. The quantitative estimate of drug-likeness (QED) is 0.263. The average molecular weight is 578 g/mol. The predicted octanol–water partition coefficient (Wildman–Crippen LogP) is 8.26. The van der Waals surface area contributed by atoms with Gasteiger partial charge in [0.15, 0.2) is 5.13 Å². The summed E-state index contributed by atoms with van der Waals surface area (Å²) in [6.45, 7) is 1.42. The van der Waals surface area contributed by atoms with Gasteiger partial charge in [0.25, 0.3) is 5.91 Å². The number of ether oxygens (including phenoxy) is 1. The van der Waals surface area contributed by atoms with Gasteiger partial charge in [-0.3, -0.25) is 10.1 Å². The molecule has 2 aromatic carbocycles. The number of anilines is 1. The van der Waals surface area contributed by atoms with E-state index in [1.165, 1.54) is 42.9 Å². The number of carboxylic acids is 1. The van der Waals surface area contributed by atoms with Crippen LogP contribution < -0.4 is 5.32 Å². The smallest absolute Gasteiger partial charge is 0.331 e. The minimum Gasteiger partial charge on any atom is -0.478 e. The number of carbonyl (C=O) groups excluding carboxylic acids is 1. The van der Waals surface area contributed by atoms with Crippen LogP contribution in [0.5, 0.6) is 0 Å². The van der Waals surface area contributed by atoms with Crippen LogP contribution in [-0.2, 0) is 9.53 Å². The molecule has 38 heavy (non-hydrogen) atoms. The monoisotopic (exact) mass is 576 g/mol. The number of halogens is 3. The van der Waals surface area contributed by atoms with Gasteiger partial charge < -0.3 is 9.84 Å². The van der Waals surface area contributed by atoms with Gasteiger partial charge in [-0.25, -0.2) is 14.2 Å². The van der Waals surface area contributed by atoms with Crippen LogP contribution in [0.15, 0.2) is 41.3 Å². The van der Waals surface area contributed by atoms with Crippen molar-refractivity contribution in [2.45, 2.75) is 45.1 Å². The van der Waals surface area contributed by atoms with E-state index in [-0.39, 0.29) is 44.2 Å². The number of thiazole rings is 1. The molecule has 0 aliphatic heterocycles. The highest BCUT2D eigenvalue weighted by atomic mass is 35.5. The molecule has 1 aliphatic carbocycles. The summed E-state index contributed by atoms with van der Waals surface area (Å²) in [6.07, 6.45) is 6.50. The molecule has 0 saturated heterocycles. The van der Waals surface area contributed by atoms with Gasteiger partial charge in [0, 0.05) is 40.3 Å². The highest BCUT2D eigenvalue weighted by molar-refractivity contribution is 7.14. The molecule has 1 atom stereocenters. The number of carboxylic acid groups (broad SMARTS) is 1. The fourth-order valence-corrected chi connectivity index (χ4v) is 6.04. The van der Waals surface area contributed by atoms with E-state index in [0.717, 1.165) is 25.7 Å². The number of hydrogen-bond acceptors (Lipinski definition) is 5. The molecule has 10 heteroatoms. The second-order valence-electron chi connectivity index (χ2n) is 9.24. The van der Waals surface area contributed by atoms with Crippen molar-refractivity contribution in [2.24, 2.45) is 5.92 Å². The zero-order valence-electron chi connectivity index (χ0n) is 20.9. The number of benzene rings is 2. The topological polar surface area (TPSA) is 88.5 Å². The van der Waals surface area contributed by atoms with Crippen LogP contribution in [0.4, 0.5) is 9.52 Å². The van der Waals surface area contributed by atoms with Gasteiger partial charge in [-0.15, -0.1) is 11.3 Å². The minimum atomic E-state index is -1.10. The Kier molecular flexibility index (Phi) is 9.20. The van der Waals surface area contributed by atoms with Crippen LogP contribution >= 0.6 is 34.5 Å². The second kappa shape index (κ2) is 12.4. The van der Waals surface area contributed by atoms with Gasteiger partial charge in [-0.05, 0) is 50.0 Å². The zero-order valence-corrected chi connectivity index (χ0v) is 23.2. The van der Waals surface area contributed by atoms with Crippen molar-refractivity contribution in [3.05, 3.63) is 73.8 Å². The van der Waals surface area contributed by atoms with Crippen molar-refractivity contribution in [1.82, 2.24) is 4.98 Å². The molecule has 1 amide bonds. The highest BCUT2D eigenvalue weighted by Gasteiger charge is 2.28. The summed E-state index contributed by atoms with van der Waals surface area (Å²) in [4.78, 5) is 28.4. The third-order valence-corrected chi connectivity index (χ3v) is 8.09. The minimum absolute atomic E-state index is 0.0492. The molecule has 3 aromatic rings. The van der Waals surface area contributed by atoms with Crippen LogP contribution in [-0.4, -0.2) is 29.1 Å². The third-order valence-electron chi connectivity index (χ3n) is 6.71. The van der Waals surface area contributed by atoms with Crippen LogP contribution in [0.1, 0.15) is 66.6 Å². The van der Waals surface area contributed by atoms with E-state index in [4.69, 9.17) is 33.0 Å². The summed E-state index contributed by atoms with van der Waals surface area (Å²) in [6, 6.07) is 8.03. The summed E-state index contributed by atoms with van der Waals surface area (Å²) < 4.78 is 21.4. The molecule has 0 spiro atoms. The molecule has 2 N–H and O–H groups in total. The lowest BCUT2D eigenvalue weighted by Crippen LogP contribution is -2.19. The lowest BCUT2D eigenvalue weighted by atomic mass is 9.82. The molecule has 6 nitrogen and oxygen atoms in total. The maximum Gasteiger partial charge on any atom is 0.331 e. The number of nitrogens with one attached hydrogen (secondary N) is 1. The summed E-state index contributed by atoms with van der Waals surface area (Å²) in [7, 11) is 1.62. The average Bonchev–Trinajstić information content (AvgIpc) is 3.36. The molecular weight excluding hydrogens is 550 g/mol. The Bertz CT molecular complexity index is 1360. The van der Waals surface area contributed by atoms with E-state index in [1.54, 1.807) is 30.7 Å². The fraction of sp³-hybridized carbons (Fsp3) is 0.321. The Morgan fingerprint density at radius 3 is 2.53 bits per heavy atom. The van der Waals surface area contributed by atoms with Gasteiger partial charge in [0.2, 0.25) is 0 Å². The molecule has 1 aliphatic rings. The van der Waals surface area contributed by atoms with Crippen molar-refractivity contribution < 1.29 is 23.8 Å². The van der Waals surface area contributed by atoms with Crippen molar-refractivity contribution in [3.63, 3.8) is 0 Å². The number of methoxy groups -OCH3 is 1. The van der Waals surface area contributed by atoms with E-state index in [9.17, 15) is 9.59 Å². The first-order valence-corrected chi connectivity index (χ1v) is 13.8. The Morgan fingerprint density at radius 2 is 1.89 bits per heavy atom. The molecule has 1 fully saturated rings. The molecule has 1 unspecified atom stereocenters. The van der Waals surface area contributed by atoms with E-state index in [0.29, 0.717) is 22.4 Å². The summed E-state index contributed by atoms with van der Waals surface area (Å²) in [5.41, 5.74) is 1.79. The third kappa shape index (κ3) is 6.26. The summed E-state index contributed by atoms with van der Waals surface area (Å²) in [5, 5.41) is 14.0. The summed E-state index contributed by atoms with van der Waals surface area (Å²) in [5.74, 6) is -1.71. The van der Waals surface area contributed by atoms with E-state index >= 15 is 4.39 Å². The first kappa shape index (κ1) is 28.2. The van der Waals surface area contributed by atoms with Gasteiger partial charge >= 0.3 is 5.97 Å². The molecule has 200 valence electrons. The molecule has 1 heterocycles. The van der Waals surface area contributed by atoms with Crippen LogP contribution in [0.25, 0.3) is 17.3 Å². The first-order valence-electron chi connectivity index (χ1n) is 12.2. The lowest BCUT2D eigenvalue weighted by Gasteiger charge is -2.30. The number of aliphatic carboxylic acids is 1. The zero-order chi connectivity index (χ0) is 27.4. The Hall–Kier alpha value is -2.78. The van der Waals surface area contributed by atoms with Crippen LogP contribution in [0.2, 0.25) is 10.0 Å². The van der Waals surface area contributed by atoms with Gasteiger partial charge in [-0.2, -0.15) is 0 Å². The molecule has 0 radical (unpaired) electrons. The van der Waals surface area contributed by atoms with Crippen molar-refractivity contribution >= 4 is 57.6 Å². The fourth-order valence-electron chi connectivity index (χ4n) is 4.73. The van der Waals surface area contributed by atoms with Crippen molar-refractivity contribution in [3.8, 4) is 11.3 Å². The molecule has 4 rings (SSSR count). The maximum absolute atomic E-state index is 15.7. The number of hydrogen-bond donors (Lipinski definition) is 2. The number of amides is 1. The SMILES string of the molecule is COC(c1cccc(-c2csc(NC(=O)c3cc(Cl)c(/C=C(\C)C(=O)O)c(Cl)c3)n2)c1F)C1CCCCC1. The Balaban J connectivity index is 1.54. The number of rotatable bonds is 8. The van der Waals surface area contributed by atoms with Crippen LogP contribution in [0, 0.1) is 11.7 Å². The maximum atomic E-state index is 15.7. The van der Waals surface area contributed by atoms with Crippen LogP contribution in [0.3, 0.4) is 0 Å². The number of nitrogens with zero attached hydrogens (tertiary/aromatic N) is 1. The van der Waals surface area contributed by atoms with Crippen molar-refractivity contribution in [2.75, 3.05) is 12.4 Å². The lowest BCUT2D eigenvalue weighted by molar-refractivity contribution is -0.132. The number of aromatic nitrogens is 1. The first-order chi connectivity index (χ1) is 18.2. The van der Waals surface area contributed by atoms with Gasteiger partial charge in [0.1, 0.15) is 5.82 Å². The van der Waals surface area contributed by atoms with Gasteiger partial charge in [-0.1, -0.05) is 54.6 Å². The Morgan fingerprint density at radius 1 is 1.21 bits per heavy atom. The predicted molar refractivity (Wildman–Crippen MR) is 150 cm³/mol. The van der Waals surface area contributed by atoms with Crippen molar-refractivity contribution in [1.29, 1.82) is 0 Å². The Labute approximate surface area is 234 Å². The molecular formula is C28H27Cl2FN2O4S. The normalized spacial score (nSPS) is 15.3. The molecule has 1 saturated carbocycles. The van der Waals surface area contributed by atoms with Gasteiger partial charge in [0.05, 0.1) is 21.8 Å². The second-order valence-corrected chi connectivity index (χ2v) is 10.9. The number of carbonyl (C=O) groups is 2. The standard InChI is InChI=1S/C28H27Cl2FN2O4S/c1-15(27(35)36)11-20-21(29)12-17(13-22(20)30)26(34)33-28-32-23(14-38-28)18-9-6-10-19(24(18)31)25(37-2)16-7-4-3-5-8-16/h6,9-14,16,25H,3-5,7-8H2,1-2H3,(H,35,36)(H,32,33,34)/b15-11+. The van der Waals surface area contributed by atoms with E-state index in [2.05, 4.69) is 10.3 Å². The largest absolute Gasteiger partial charge is 0.478 e. The molecule has 0 bridgehead atoms. The van der Waals surface area contributed by atoms with E-state index < -0.39 is 11.9 Å². The summed E-state index contributed by atoms with van der Waals surface area (Å²) >= 11 is 13.7. The van der Waals surface area contributed by atoms with E-state index in [1.807, 2.05) is 0 Å². The molecule has 1 aromatic heterocycles.